The highest BCUT2D eigenvalue weighted by atomic mass is 32.2. The fourth-order valence-electron chi connectivity index (χ4n) is 3.04. The van der Waals surface area contributed by atoms with E-state index in [1.165, 1.54) is 36.4 Å². The molecule has 3 aromatic carbocycles. The van der Waals surface area contributed by atoms with E-state index in [0.717, 1.165) is 11.3 Å². The van der Waals surface area contributed by atoms with Crippen molar-refractivity contribution in [2.45, 2.75) is 17.0 Å². The molecule has 0 unspecified atom stereocenters. The van der Waals surface area contributed by atoms with Crippen molar-refractivity contribution in [1.82, 2.24) is 10.2 Å². The number of benzene rings is 3. The summed E-state index contributed by atoms with van der Waals surface area (Å²) < 4.78 is 49.7. The van der Waals surface area contributed by atoms with Crippen LogP contribution in [0.3, 0.4) is 0 Å². The average molecular weight is 514 g/mol. The van der Waals surface area contributed by atoms with Crippen LogP contribution in [-0.2, 0) is 15.6 Å². The monoisotopic (exact) mass is 513 g/mol. The molecule has 4 aromatic rings. The van der Waals surface area contributed by atoms with Gasteiger partial charge in [-0.15, -0.1) is 5.10 Å². The summed E-state index contributed by atoms with van der Waals surface area (Å²) in [6.07, 6.45) is 0. The summed E-state index contributed by atoms with van der Waals surface area (Å²) in [6.45, 7) is 2.29. The molecule has 0 radical (unpaired) electrons. The van der Waals surface area contributed by atoms with Crippen LogP contribution in [0.15, 0.2) is 77.1 Å². The number of hydrogen-bond acceptors (Lipinski definition) is 8. The van der Waals surface area contributed by atoms with Crippen LogP contribution in [0.25, 0.3) is 0 Å². The van der Waals surface area contributed by atoms with E-state index in [4.69, 9.17) is 9.47 Å². The van der Waals surface area contributed by atoms with Gasteiger partial charge in [0.2, 0.25) is 14.2 Å². The molecule has 0 bridgehead atoms. The number of sulfone groups is 1. The number of aromatic nitrogens is 2. The Labute approximate surface area is 205 Å². The second-order valence-corrected chi connectivity index (χ2v) is 10.3. The van der Waals surface area contributed by atoms with Gasteiger partial charge >= 0.3 is 5.19 Å². The first-order valence-corrected chi connectivity index (χ1v) is 12.9. The van der Waals surface area contributed by atoms with Crippen molar-refractivity contribution in [2.24, 2.45) is 0 Å². The lowest BCUT2D eigenvalue weighted by molar-refractivity contribution is 0.102. The SMILES string of the molecule is CCOc1ccccc1Oc1nnc(S(=O)(=O)Cc2ccc(C(=O)Nc3ccc(F)cc3)cc2)s1. The minimum absolute atomic E-state index is 0.0727. The Hall–Kier alpha value is -3.83. The molecule has 180 valence electrons. The van der Waals surface area contributed by atoms with E-state index in [1.54, 1.807) is 36.4 Å². The third-order valence-corrected chi connectivity index (χ3v) is 7.61. The molecule has 11 heteroatoms. The summed E-state index contributed by atoms with van der Waals surface area (Å²) in [6, 6.07) is 18.5. The Bertz CT molecular complexity index is 1420. The van der Waals surface area contributed by atoms with Gasteiger partial charge in [0.1, 0.15) is 5.82 Å². The zero-order chi connectivity index (χ0) is 24.8. The van der Waals surface area contributed by atoms with Crippen LogP contribution in [0, 0.1) is 5.82 Å². The Morgan fingerprint density at radius 3 is 2.34 bits per heavy atom. The number of carbonyl (C=O) groups is 1. The third-order valence-electron chi connectivity index (χ3n) is 4.68. The van der Waals surface area contributed by atoms with Gasteiger partial charge in [0, 0.05) is 11.3 Å². The van der Waals surface area contributed by atoms with E-state index >= 15 is 0 Å². The Morgan fingerprint density at radius 1 is 0.971 bits per heavy atom. The first-order valence-electron chi connectivity index (χ1n) is 10.5. The quantitative estimate of drug-likeness (QED) is 0.332. The van der Waals surface area contributed by atoms with Gasteiger partial charge in [0.05, 0.1) is 12.4 Å². The van der Waals surface area contributed by atoms with Crippen LogP contribution < -0.4 is 14.8 Å². The Balaban J connectivity index is 1.42. The second kappa shape index (κ2) is 10.6. The van der Waals surface area contributed by atoms with Crippen LogP contribution in [0.4, 0.5) is 10.1 Å². The molecular formula is C24H20FN3O5S2. The molecule has 0 aliphatic rings. The fraction of sp³-hybridized carbons (Fsp3) is 0.125. The highest BCUT2D eigenvalue weighted by molar-refractivity contribution is 7.92. The first kappa shape index (κ1) is 24.3. The van der Waals surface area contributed by atoms with Crippen LogP contribution in [0.2, 0.25) is 0 Å². The minimum Gasteiger partial charge on any atom is -0.490 e. The number of nitrogens with zero attached hydrogens (tertiary/aromatic N) is 2. The molecule has 0 aliphatic heterocycles. The van der Waals surface area contributed by atoms with E-state index < -0.39 is 21.6 Å². The molecule has 1 heterocycles. The molecule has 4 rings (SSSR count). The maximum atomic E-state index is 13.0. The third kappa shape index (κ3) is 6.19. The van der Waals surface area contributed by atoms with Gasteiger partial charge < -0.3 is 14.8 Å². The predicted octanol–water partition coefficient (Wildman–Crippen LogP) is 5.09. The van der Waals surface area contributed by atoms with Crippen LogP contribution in [-0.4, -0.2) is 31.1 Å². The number of anilines is 1. The van der Waals surface area contributed by atoms with E-state index in [9.17, 15) is 17.6 Å². The van der Waals surface area contributed by atoms with Crippen LogP contribution >= 0.6 is 11.3 Å². The molecule has 1 amide bonds. The largest absolute Gasteiger partial charge is 0.490 e. The minimum atomic E-state index is -3.79. The zero-order valence-corrected chi connectivity index (χ0v) is 20.1. The number of para-hydroxylation sites is 2. The van der Waals surface area contributed by atoms with Crippen LogP contribution in [0.5, 0.6) is 16.7 Å². The summed E-state index contributed by atoms with van der Waals surface area (Å²) >= 11 is 0.812. The molecule has 0 saturated heterocycles. The van der Waals surface area contributed by atoms with Crippen LogP contribution in [0.1, 0.15) is 22.8 Å². The number of ether oxygens (including phenoxy) is 2. The van der Waals surface area contributed by atoms with E-state index in [-0.39, 0.29) is 15.3 Å². The number of nitrogens with one attached hydrogen (secondary N) is 1. The summed E-state index contributed by atoms with van der Waals surface area (Å²) in [7, 11) is -3.79. The van der Waals surface area contributed by atoms with Crippen molar-refractivity contribution in [3.05, 3.63) is 89.7 Å². The van der Waals surface area contributed by atoms with E-state index in [2.05, 4.69) is 15.5 Å². The molecular weight excluding hydrogens is 493 g/mol. The molecule has 1 aromatic heterocycles. The van der Waals surface area contributed by atoms with Gasteiger partial charge in [0.25, 0.3) is 5.91 Å². The molecule has 1 N–H and O–H groups in total. The van der Waals surface area contributed by atoms with Gasteiger partial charge in [0.15, 0.2) is 11.5 Å². The molecule has 0 atom stereocenters. The van der Waals surface area contributed by atoms with Crippen molar-refractivity contribution in [3.8, 4) is 16.7 Å². The lowest BCUT2D eigenvalue weighted by Crippen LogP contribution is -2.12. The molecule has 0 fully saturated rings. The maximum absolute atomic E-state index is 13.0. The fourth-order valence-corrected chi connectivity index (χ4v) is 5.30. The summed E-state index contributed by atoms with van der Waals surface area (Å²) in [5.41, 5.74) is 1.25. The highest BCUT2D eigenvalue weighted by Gasteiger charge is 2.22. The standard InChI is InChI=1S/C24H20FN3O5S2/c1-2-32-20-5-3-4-6-21(20)33-23-27-28-24(34-23)35(30,31)15-16-7-9-17(10-8-16)22(29)26-19-13-11-18(25)12-14-19/h3-14H,2,15H2,1H3,(H,26,29). The smallest absolute Gasteiger partial charge is 0.300 e. The van der Waals surface area contributed by atoms with E-state index in [0.29, 0.717) is 34.9 Å². The average Bonchev–Trinajstić information content (AvgIpc) is 3.32. The molecule has 0 saturated carbocycles. The summed E-state index contributed by atoms with van der Waals surface area (Å²) in [5, 5.41) is 10.3. The lowest BCUT2D eigenvalue weighted by Gasteiger charge is -2.08. The maximum Gasteiger partial charge on any atom is 0.300 e. The number of hydrogen-bond donors (Lipinski definition) is 1. The molecule has 0 spiro atoms. The van der Waals surface area contributed by atoms with Gasteiger partial charge in [-0.3, -0.25) is 4.79 Å². The second-order valence-electron chi connectivity index (χ2n) is 7.23. The van der Waals surface area contributed by atoms with Crippen molar-refractivity contribution in [2.75, 3.05) is 11.9 Å². The van der Waals surface area contributed by atoms with Crippen molar-refractivity contribution >= 4 is 32.8 Å². The van der Waals surface area contributed by atoms with E-state index in [1.807, 2.05) is 6.92 Å². The Kier molecular flexibility index (Phi) is 7.37. The summed E-state index contributed by atoms with van der Waals surface area (Å²) in [5.74, 6) is -0.207. The highest BCUT2D eigenvalue weighted by Crippen LogP contribution is 2.34. The zero-order valence-electron chi connectivity index (χ0n) is 18.5. The van der Waals surface area contributed by atoms with Crippen molar-refractivity contribution in [1.29, 1.82) is 0 Å². The first-order chi connectivity index (χ1) is 16.8. The molecule has 8 nitrogen and oxygen atoms in total. The van der Waals surface area contributed by atoms with Gasteiger partial charge in [-0.2, -0.15) is 0 Å². The number of halogens is 1. The van der Waals surface area contributed by atoms with Gasteiger partial charge in [-0.05, 0) is 72.4 Å². The molecule has 0 aliphatic carbocycles. The summed E-state index contributed by atoms with van der Waals surface area (Å²) in [4.78, 5) is 12.4. The number of carbonyl (C=O) groups excluding carboxylic acids is 1. The Morgan fingerprint density at radius 2 is 1.66 bits per heavy atom. The van der Waals surface area contributed by atoms with Crippen molar-refractivity contribution in [3.63, 3.8) is 0 Å². The lowest BCUT2D eigenvalue weighted by atomic mass is 10.1. The van der Waals surface area contributed by atoms with Gasteiger partial charge in [-0.25, -0.2) is 12.8 Å². The number of amides is 1. The van der Waals surface area contributed by atoms with Crippen molar-refractivity contribution < 1.29 is 27.1 Å². The molecule has 35 heavy (non-hydrogen) atoms. The number of rotatable bonds is 9. The normalized spacial score (nSPS) is 11.1. The topological polar surface area (TPSA) is 107 Å². The van der Waals surface area contributed by atoms with Gasteiger partial charge in [-0.1, -0.05) is 29.4 Å². The predicted molar refractivity (Wildman–Crippen MR) is 129 cm³/mol.